The Morgan fingerprint density at radius 2 is 1.93 bits per heavy atom. The molecule has 0 saturated carbocycles. The number of hydrogen-bond acceptors (Lipinski definition) is 2. The third-order valence-corrected chi connectivity index (χ3v) is 6.93. The van der Waals surface area contributed by atoms with Gasteiger partial charge in [0.1, 0.15) is 5.82 Å². The van der Waals surface area contributed by atoms with Gasteiger partial charge in [-0.25, -0.2) is 4.39 Å². The van der Waals surface area contributed by atoms with Gasteiger partial charge < -0.3 is 5.11 Å². The summed E-state index contributed by atoms with van der Waals surface area (Å²) in [5, 5.41) is 11.4. The highest BCUT2D eigenvalue weighted by Gasteiger charge is 2.31. The summed E-state index contributed by atoms with van der Waals surface area (Å²) in [7, 11) is 0. The van der Waals surface area contributed by atoms with E-state index in [2.05, 4.69) is 24.0 Å². The third kappa shape index (κ3) is 4.80. The highest BCUT2D eigenvalue weighted by Crippen LogP contribution is 2.39. The lowest BCUT2D eigenvalue weighted by Crippen LogP contribution is -2.38. The van der Waals surface area contributed by atoms with E-state index in [0.29, 0.717) is 16.5 Å². The van der Waals surface area contributed by atoms with Crippen LogP contribution in [0.3, 0.4) is 0 Å². The highest BCUT2D eigenvalue weighted by molar-refractivity contribution is 6.31. The van der Waals surface area contributed by atoms with E-state index in [0.717, 1.165) is 57.2 Å². The lowest BCUT2D eigenvalue weighted by atomic mass is 9.91. The lowest BCUT2D eigenvalue weighted by molar-refractivity contribution is 0.0903. The van der Waals surface area contributed by atoms with Crippen LogP contribution in [0.15, 0.2) is 36.4 Å². The van der Waals surface area contributed by atoms with E-state index >= 15 is 0 Å². The standard InChI is InChI=1S/C24H29ClFNO.ClH/c1-16-6-4-7-19-18(16)12-11-17(14-23(19)28)15-27-13-3-2-10-22(27)24-20(25)8-5-9-21(24)26;/h4-9,17,22-23,28H,2-3,10-15H2,1H3;1H/t17-,22?,23-;/m0./s1. The third-order valence-electron chi connectivity index (χ3n) is 6.60. The van der Waals surface area contributed by atoms with E-state index < -0.39 is 6.10 Å². The summed E-state index contributed by atoms with van der Waals surface area (Å²) >= 11 is 6.39. The van der Waals surface area contributed by atoms with Crippen molar-refractivity contribution in [2.45, 2.75) is 57.6 Å². The Labute approximate surface area is 184 Å². The van der Waals surface area contributed by atoms with E-state index in [1.54, 1.807) is 12.1 Å². The molecule has 2 aromatic rings. The smallest absolute Gasteiger partial charge is 0.129 e. The summed E-state index contributed by atoms with van der Waals surface area (Å²) in [6, 6.07) is 11.3. The molecule has 1 fully saturated rings. The first-order valence-electron chi connectivity index (χ1n) is 10.5. The minimum Gasteiger partial charge on any atom is -0.388 e. The minimum absolute atomic E-state index is 0. The molecule has 158 valence electrons. The number of likely N-dealkylation sites (tertiary alicyclic amines) is 1. The van der Waals surface area contributed by atoms with Crippen LogP contribution in [0.5, 0.6) is 0 Å². The highest BCUT2D eigenvalue weighted by atomic mass is 35.5. The second-order valence-electron chi connectivity index (χ2n) is 8.44. The van der Waals surface area contributed by atoms with Crippen molar-refractivity contribution < 1.29 is 9.50 Å². The first kappa shape index (κ1) is 22.6. The number of aryl methyl sites for hydroxylation is 1. The SMILES string of the molecule is Cc1cccc2c1CC[C@H](CN1CCCCC1c1c(F)cccc1Cl)C[C@@H]2O.Cl. The van der Waals surface area contributed by atoms with Crippen molar-refractivity contribution in [1.82, 2.24) is 4.90 Å². The largest absolute Gasteiger partial charge is 0.388 e. The Balaban J connectivity index is 0.00000240. The molecule has 0 spiro atoms. The predicted molar refractivity (Wildman–Crippen MR) is 119 cm³/mol. The molecular formula is C24H30Cl2FNO. The number of benzene rings is 2. The first-order valence-corrected chi connectivity index (χ1v) is 10.9. The molecule has 4 rings (SSSR count). The van der Waals surface area contributed by atoms with Gasteiger partial charge in [-0.3, -0.25) is 4.90 Å². The van der Waals surface area contributed by atoms with E-state index in [1.165, 1.54) is 17.2 Å². The number of aliphatic hydroxyl groups excluding tert-OH is 1. The number of piperidine rings is 1. The van der Waals surface area contributed by atoms with Gasteiger partial charge in [0, 0.05) is 23.2 Å². The molecule has 5 heteroatoms. The Kier molecular flexibility index (Phi) is 7.61. The zero-order valence-corrected chi connectivity index (χ0v) is 18.5. The van der Waals surface area contributed by atoms with E-state index in [4.69, 9.17) is 11.6 Å². The molecule has 1 heterocycles. The molecule has 0 bridgehead atoms. The molecular weight excluding hydrogens is 408 g/mol. The van der Waals surface area contributed by atoms with Crippen LogP contribution in [0, 0.1) is 18.7 Å². The topological polar surface area (TPSA) is 23.5 Å². The molecule has 1 N–H and O–H groups in total. The van der Waals surface area contributed by atoms with Crippen LogP contribution in [0.2, 0.25) is 5.02 Å². The van der Waals surface area contributed by atoms with Crippen LogP contribution in [0.25, 0.3) is 0 Å². The molecule has 1 saturated heterocycles. The summed E-state index contributed by atoms with van der Waals surface area (Å²) in [5.41, 5.74) is 4.32. The fourth-order valence-corrected chi connectivity index (χ4v) is 5.44. The van der Waals surface area contributed by atoms with Crippen molar-refractivity contribution in [3.63, 3.8) is 0 Å². The van der Waals surface area contributed by atoms with Gasteiger partial charge in [0.05, 0.1) is 6.10 Å². The minimum atomic E-state index is -0.414. The predicted octanol–water partition coefficient (Wildman–Crippen LogP) is 6.42. The zero-order valence-electron chi connectivity index (χ0n) is 16.9. The van der Waals surface area contributed by atoms with E-state index in [-0.39, 0.29) is 24.3 Å². The van der Waals surface area contributed by atoms with Crippen LogP contribution >= 0.6 is 24.0 Å². The number of hydrogen-bond donors (Lipinski definition) is 1. The van der Waals surface area contributed by atoms with Crippen LogP contribution < -0.4 is 0 Å². The Hall–Kier alpha value is -1.13. The lowest BCUT2D eigenvalue weighted by Gasteiger charge is -2.38. The number of aliphatic hydroxyl groups is 1. The van der Waals surface area contributed by atoms with Gasteiger partial charge in [-0.15, -0.1) is 12.4 Å². The molecule has 29 heavy (non-hydrogen) atoms. The Bertz CT molecular complexity index is 823. The molecule has 3 atom stereocenters. The number of rotatable bonds is 3. The van der Waals surface area contributed by atoms with Crippen molar-refractivity contribution >= 4 is 24.0 Å². The molecule has 0 aromatic heterocycles. The molecule has 1 aliphatic heterocycles. The maximum atomic E-state index is 14.6. The molecule has 1 unspecified atom stereocenters. The van der Waals surface area contributed by atoms with Crippen molar-refractivity contribution in [3.8, 4) is 0 Å². The van der Waals surface area contributed by atoms with Gasteiger partial charge in [0.2, 0.25) is 0 Å². The number of fused-ring (bicyclic) bond motifs is 1. The maximum absolute atomic E-state index is 14.6. The van der Waals surface area contributed by atoms with Gasteiger partial charge in [-0.2, -0.15) is 0 Å². The summed E-state index contributed by atoms with van der Waals surface area (Å²) in [6.45, 7) is 3.99. The summed E-state index contributed by atoms with van der Waals surface area (Å²) < 4.78 is 14.6. The van der Waals surface area contributed by atoms with Crippen LogP contribution in [0.1, 0.15) is 66.5 Å². The van der Waals surface area contributed by atoms with Gasteiger partial charge >= 0.3 is 0 Å². The van der Waals surface area contributed by atoms with E-state index in [1.807, 2.05) is 6.07 Å². The average molecular weight is 438 g/mol. The summed E-state index contributed by atoms with van der Waals surface area (Å²) in [5.74, 6) is 0.196. The molecule has 0 radical (unpaired) electrons. The van der Waals surface area contributed by atoms with Crippen LogP contribution in [-0.2, 0) is 6.42 Å². The molecule has 1 aliphatic carbocycles. The van der Waals surface area contributed by atoms with E-state index in [9.17, 15) is 9.50 Å². The fourth-order valence-electron chi connectivity index (χ4n) is 5.15. The maximum Gasteiger partial charge on any atom is 0.129 e. The molecule has 0 amide bonds. The Morgan fingerprint density at radius 3 is 2.72 bits per heavy atom. The second-order valence-corrected chi connectivity index (χ2v) is 8.85. The molecule has 2 aliphatic rings. The normalized spacial score (nSPS) is 25.0. The Morgan fingerprint density at radius 1 is 1.14 bits per heavy atom. The summed E-state index contributed by atoms with van der Waals surface area (Å²) in [6.07, 6.45) is 5.59. The van der Waals surface area contributed by atoms with Crippen LogP contribution in [0.4, 0.5) is 4.39 Å². The summed E-state index contributed by atoms with van der Waals surface area (Å²) in [4.78, 5) is 2.41. The van der Waals surface area contributed by atoms with Gasteiger partial charge in [0.25, 0.3) is 0 Å². The zero-order chi connectivity index (χ0) is 19.7. The van der Waals surface area contributed by atoms with Crippen molar-refractivity contribution in [2.24, 2.45) is 5.92 Å². The van der Waals surface area contributed by atoms with Gasteiger partial charge in [-0.1, -0.05) is 42.3 Å². The molecule has 2 aromatic carbocycles. The number of nitrogens with zero attached hydrogens (tertiary/aromatic N) is 1. The monoisotopic (exact) mass is 437 g/mol. The molecule has 2 nitrogen and oxygen atoms in total. The number of halogens is 3. The average Bonchev–Trinajstić information content (AvgIpc) is 2.83. The quantitative estimate of drug-likeness (QED) is 0.559. The van der Waals surface area contributed by atoms with Crippen LogP contribution in [-0.4, -0.2) is 23.1 Å². The second kappa shape index (κ2) is 9.78. The first-order chi connectivity index (χ1) is 13.5. The van der Waals surface area contributed by atoms with Gasteiger partial charge in [0.15, 0.2) is 0 Å². The van der Waals surface area contributed by atoms with Crippen molar-refractivity contribution in [2.75, 3.05) is 13.1 Å². The van der Waals surface area contributed by atoms with Crippen molar-refractivity contribution in [3.05, 3.63) is 69.5 Å². The van der Waals surface area contributed by atoms with Gasteiger partial charge in [-0.05, 0) is 80.3 Å². The van der Waals surface area contributed by atoms with Crippen molar-refractivity contribution in [1.29, 1.82) is 0 Å². The fraction of sp³-hybridized carbons (Fsp3) is 0.500.